The number of benzene rings is 2. The van der Waals surface area contributed by atoms with E-state index in [2.05, 4.69) is 9.61 Å². The molecule has 0 aliphatic heterocycles. The number of hydrogen-bond acceptors (Lipinski definition) is 4. The predicted octanol–water partition coefficient (Wildman–Crippen LogP) is 2.63. The molecule has 0 radical (unpaired) electrons. The largest absolute Gasteiger partial charge is 0.508 e. The summed E-state index contributed by atoms with van der Waals surface area (Å²) in [5.41, 5.74) is 1.45. The lowest BCUT2D eigenvalue weighted by atomic mass is 10.1. The van der Waals surface area contributed by atoms with Crippen LogP contribution in [-0.4, -0.2) is 17.0 Å². The third-order valence-electron chi connectivity index (χ3n) is 2.82. The Hall–Kier alpha value is -2.53. The number of hydrogen-bond donors (Lipinski definition) is 2. The van der Waals surface area contributed by atoms with Crippen molar-refractivity contribution in [3.05, 3.63) is 65.2 Å². The maximum Gasteiger partial charge on any atom is 0.356 e. The monoisotopic (exact) mass is 305 g/mol. The third kappa shape index (κ3) is 3.97. The minimum Gasteiger partial charge on any atom is -0.508 e. The molecular weight excluding hydrogens is 294 g/mol. The molecule has 108 valence electrons. The second kappa shape index (κ2) is 6.76. The number of amides is 1. The Kier molecular flexibility index (Phi) is 4.79. The van der Waals surface area contributed by atoms with Gasteiger partial charge < -0.3 is 14.7 Å². The maximum atomic E-state index is 11.9. The van der Waals surface area contributed by atoms with Crippen LogP contribution in [0.3, 0.4) is 0 Å². The standard InChI is InChI=1S/C15H12ClNO4/c16-21-15(20)12-6-4-11(5-7-12)14(19)17-9-10-2-1-3-13(18)8-10/h1-8,18H,9H2,(H,17,19). The smallest absolute Gasteiger partial charge is 0.356 e. The first kappa shape index (κ1) is 14.9. The highest BCUT2D eigenvalue weighted by atomic mass is 35.5. The zero-order valence-electron chi connectivity index (χ0n) is 10.9. The summed E-state index contributed by atoms with van der Waals surface area (Å²) in [6.07, 6.45) is 0. The highest BCUT2D eigenvalue weighted by molar-refractivity contribution is 6.15. The van der Waals surface area contributed by atoms with Gasteiger partial charge >= 0.3 is 5.97 Å². The van der Waals surface area contributed by atoms with E-state index < -0.39 is 5.97 Å². The first-order chi connectivity index (χ1) is 10.1. The van der Waals surface area contributed by atoms with Crippen molar-refractivity contribution in [1.82, 2.24) is 5.32 Å². The zero-order valence-corrected chi connectivity index (χ0v) is 11.6. The fraction of sp³-hybridized carbons (Fsp3) is 0.0667. The number of aromatic hydroxyl groups is 1. The van der Waals surface area contributed by atoms with E-state index in [9.17, 15) is 14.7 Å². The van der Waals surface area contributed by atoms with Gasteiger partial charge in [-0.05, 0) is 42.0 Å². The molecule has 2 aromatic carbocycles. The van der Waals surface area contributed by atoms with Gasteiger partial charge in [-0.15, -0.1) is 0 Å². The van der Waals surface area contributed by atoms with E-state index in [1.54, 1.807) is 24.3 Å². The van der Waals surface area contributed by atoms with Crippen molar-refractivity contribution >= 4 is 23.7 Å². The van der Waals surface area contributed by atoms with Gasteiger partial charge in [-0.1, -0.05) is 12.1 Å². The fourth-order valence-corrected chi connectivity index (χ4v) is 1.84. The van der Waals surface area contributed by atoms with Crippen LogP contribution in [0.5, 0.6) is 5.75 Å². The summed E-state index contributed by atoms with van der Waals surface area (Å²) in [4.78, 5) is 23.1. The Labute approximate surface area is 126 Å². The molecule has 0 heterocycles. The zero-order chi connectivity index (χ0) is 15.2. The molecule has 1 amide bonds. The summed E-state index contributed by atoms with van der Waals surface area (Å²) < 4.78 is 4.06. The van der Waals surface area contributed by atoms with Crippen LogP contribution < -0.4 is 5.32 Å². The molecule has 0 fully saturated rings. The molecule has 0 atom stereocenters. The van der Waals surface area contributed by atoms with E-state index >= 15 is 0 Å². The van der Waals surface area contributed by atoms with Crippen LogP contribution in [0.25, 0.3) is 0 Å². The first-order valence-electron chi connectivity index (χ1n) is 6.09. The van der Waals surface area contributed by atoms with Crippen molar-refractivity contribution < 1.29 is 19.0 Å². The molecular formula is C15H12ClNO4. The van der Waals surface area contributed by atoms with Crippen molar-refractivity contribution in [3.63, 3.8) is 0 Å². The van der Waals surface area contributed by atoms with Gasteiger partial charge in [0.25, 0.3) is 5.91 Å². The minimum atomic E-state index is -0.677. The summed E-state index contributed by atoms with van der Waals surface area (Å²) in [6.45, 7) is 0.290. The number of rotatable bonds is 4. The molecule has 0 aliphatic carbocycles. The summed E-state index contributed by atoms with van der Waals surface area (Å²) >= 11 is 4.97. The van der Waals surface area contributed by atoms with Gasteiger partial charge in [0.15, 0.2) is 0 Å². The molecule has 2 N–H and O–H groups in total. The van der Waals surface area contributed by atoms with Crippen LogP contribution in [-0.2, 0) is 10.8 Å². The number of phenolic OH excluding ortho intramolecular Hbond substituents is 1. The Morgan fingerprint density at radius 3 is 2.38 bits per heavy atom. The Bertz CT molecular complexity index is 655. The molecule has 5 nitrogen and oxygen atoms in total. The van der Waals surface area contributed by atoms with Crippen LogP contribution >= 0.6 is 11.9 Å². The molecule has 21 heavy (non-hydrogen) atoms. The van der Waals surface area contributed by atoms with Gasteiger partial charge in [-0.2, -0.15) is 0 Å². The number of carbonyl (C=O) groups is 2. The lowest BCUT2D eigenvalue weighted by Gasteiger charge is -2.06. The fourth-order valence-electron chi connectivity index (χ4n) is 1.75. The van der Waals surface area contributed by atoms with Crippen LogP contribution in [0.2, 0.25) is 0 Å². The molecule has 0 saturated heterocycles. The predicted molar refractivity (Wildman–Crippen MR) is 77.0 cm³/mol. The second-order valence-electron chi connectivity index (χ2n) is 4.29. The number of carbonyl (C=O) groups excluding carboxylic acids is 2. The van der Waals surface area contributed by atoms with Crippen molar-refractivity contribution in [3.8, 4) is 5.75 Å². The van der Waals surface area contributed by atoms with Gasteiger partial charge in [-0.25, -0.2) is 4.79 Å². The summed E-state index contributed by atoms with van der Waals surface area (Å²) in [7, 11) is 0. The summed E-state index contributed by atoms with van der Waals surface area (Å²) in [5, 5.41) is 12.0. The molecule has 0 aliphatic rings. The Morgan fingerprint density at radius 1 is 1.10 bits per heavy atom. The van der Waals surface area contributed by atoms with Crippen LogP contribution in [0.15, 0.2) is 48.5 Å². The van der Waals surface area contributed by atoms with E-state index in [4.69, 9.17) is 11.9 Å². The average molecular weight is 306 g/mol. The van der Waals surface area contributed by atoms with Gasteiger partial charge in [0, 0.05) is 12.1 Å². The quantitative estimate of drug-likeness (QED) is 0.910. The molecule has 0 spiro atoms. The highest BCUT2D eigenvalue weighted by Gasteiger charge is 2.09. The summed E-state index contributed by atoms with van der Waals surface area (Å²) in [5.74, 6) is -0.821. The lowest BCUT2D eigenvalue weighted by Crippen LogP contribution is -2.22. The highest BCUT2D eigenvalue weighted by Crippen LogP contribution is 2.11. The van der Waals surface area contributed by atoms with Gasteiger partial charge in [0.2, 0.25) is 0 Å². The van der Waals surface area contributed by atoms with Crippen LogP contribution in [0.4, 0.5) is 0 Å². The lowest BCUT2D eigenvalue weighted by molar-refractivity contribution is 0.0750. The second-order valence-corrected chi connectivity index (χ2v) is 4.45. The van der Waals surface area contributed by atoms with Crippen molar-refractivity contribution in [1.29, 1.82) is 0 Å². The van der Waals surface area contributed by atoms with Gasteiger partial charge in [-0.3, -0.25) is 4.79 Å². The Morgan fingerprint density at radius 2 is 1.76 bits per heavy atom. The third-order valence-corrected chi connectivity index (χ3v) is 2.96. The van der Waals surface area contributed by atoms with E-state index in [1.807, 2.05) is 0 Å². The molecule has 0 unspecified atom stereocenters. The van der Waals surface area contributed by atoms with Crippen LogP contribution in [0, 0.1) is 0 Å². The molecule has 0 aromatic heterocycles. The van der Waals surface area contributed by atoms with E-state index in [0.29, 0.717) is 12.1 Å². The molecule has 0 saturated carbocycles. The van der Waals surface area contributed by atoms with Gasteiger partial charge in [0.05, 0.1) is 5.56 Å². The first-order valence-corrected chi connectivity index (χ1v) is 6.40. The number of phenols is 1. The SMILES string of the molecule is O=C(NCc1cccc(O)c1)c1ccc(C(=O)OCl)cc1. The van der Waals surface area contributed by atoms with Crippen molar-refractivity contribution in [2.45, 2.75) is 6.54 Å². The topological polar surface area (TPSA) is 75.6 Å². The average Bonchev–Trinajstić information content (AvgIpc) is 2.52. The normalized spacial score (nSPS) is 9.95. The van der Waals surface area contributed by atoms with Crippen molar-refractivity contribution in [2.75, 3.05) is 0 Å². The summed E-state index contributed by atoms with van der Waals surface area (Å²) in [6, 6.07) is 12.5. The van der Waals surface area contributed by atoms with Crippen LogP contribution in [0.1, 0.15) is 26.3 Å². The van der Waals surface area contributed by atoms with Gasteiger partial charge in [0.1, 0.15) is 17.6 Å². The molecule has 2 rings (SSSR count). The number of nitrogens with one attached hydrogen (secondary N) is 1. The number of halogens is 1. The van der Waals surface area contributed by atoms with E-state index in [-0.39, 0.29) is 17.2 Å². The molecule has 2 aromatic rings. The molecule has 0 bridgehead atoms. The van der Waals surface area contributed by atoms with Crippen molar-refractivity contribution in [2.24, 2.45) is 0 Å². The Balaban J connectivity index is 1.99. The van der Waals surface area contributed by atoms with E-state index in [1.165, 1.54) is 24.3 Å². The minimum absolute atomic E-state index is 0.144. The maximum absolute atomic E-state index is 11.9. The molecule has 6 heteroatoms. The van der Waals surface area contributed by atoms with E-state index in [0.717, 1.165) is 5.56 Å².